The van der Waals surface area contributed by atoms with Crippen LogP contribution in [0.4, 0.5) is 0 Å². The minimum atomic E-state index is -0.691. The van der Waals surface area contributed by atoms with Gasteiger partial charge in [0, 0.05) is 18.7 Å². The summed E-state index contributed by atoms with van der Waals surface area (Å²) in [6, 6.07) is 13.6. The van der Waals surface area contributed by atoms with Crippen LogP contribution in [-0.4, -0.2) is 38.0 Å². The third-order valence-corrected chi connectivity index (χ3v) is 4.78. The Hall–Kier alpha value is -3.02. The summed E-state index contributed by atoms with van der Waals surface area (Å²) >= 11 is 0. The second-order valence-corrected chi connectivity index (χ2v) is 6.52. The Bertz CT molecular complexity index is 878. The largest absolute Gasteiger partial charge is 0.497 e. The zero-order chi connectivity index (χ0) is 18.9. The topological polar surface area (TPSA) is 77.2 Å². The van der Waals surface area contributed by atoms with E-state index >= 15 is 0 Å². The van der Waals surface area contributed by atoms with Crippen LogP contribution in [0.5, 0.6) is 11.5 Å². The molecule has 1 aliphatic rings. The lowest BCUT2D eigenvalue weighted by atomic mass is 9.86. The van der Waals surface area contributed by atoms with Crippen molar-refractivity contribution < 1.29 is 14.3 Å². The van der Waals surface area contributed by atoms with Crippen molar-refractivity contribution in [2.75, 3.05) is 21.3 Å². The molecule has 0 radical (unpaired) electrons. The smallest absolute Gasteiger partial charge is 0.231 e. The van der Waals surface area contributed by atoms with Crippen LogP contribution < -0.4 is 15.2 Å². The molecule has 2 aromatic rings. The van der Waals surface area contributed by atoms with Crippen molar-refractivity contribution in [1.82, 2.24) is 4.90 Å². The highest BCUT2D eigenvalue weighted by Gasteiger charge is 2.36. The van der Waals surface area contributed by atoms with Crippen molar-refractivity contribution in [3.8, 4) is 22.6 Å². The maximum absolute atomic E-state index is 12.3. The third-order valence-electron chi connectivity index (χ3n) is 4.78. The fourth-order valence-corrected chi connectivity index (χ4v) is 3.13. The molecule has 1 atom stereocenters. The summed E-state index contributed by atoms with van der Waals surface area (Å²) in [5, 5.41) is 0. The van der Waals surface area contributed by atoms with Crippen LogP contribution in [0.3, 0.4) is 0 Å². The van der Waals surface area contributed by atoms with Gasteiger partial charge >= 0.3 is 0 Å². The maximum atomic E-state index is 12.3. The molecule has 0 aromatic heterocycles. The van der Waals surface area contributed by atoms with E-state index in [1.807, 2.05) is 49.4 Å². The molecular formula is C20H23N3O3. The minimum Gasteiger partial charge on any atom is -0.497 e. The Labute approximate surface area is 153 Å². The number of nitrogens with two attached hydrogens (primary N) is 1. The summed E-state index contributed by atoms with van der Waals surface area (Å²) in [6.45, 7) is 1.93. The summed E-state index contributed by atoms with van der Waals surface area (Å²) in [5.74, 6) is 1.63. The van der Waals surface area contributed by atoms with Crippen molar-refractivity contribution in [3.63, 3.8) is 0 Å². The lowest BCUT2D eigenvalue weighted by molar-refractivity contribution is -0.128. The third kappa shape index (κ3) is 3.10. The highest BCUT2D eigenvalue weighted by atomic mass is 16.5. The van der Waals surface area contributed by atoms with Crippen molar-refractivity contribution in [1.29, 1.82) is 0 Å². The number of carbonyl (C=O) groups is 1. The van der Waals surface area contributed by atoms with E-state index in [1.54, 1.807) is 21.3 Å². The molecule has 6 nitrogen and oxygen atoms in total. The Morgan fingerprint density at radius 2 is 1.92 bits per heavy atom. The van der Waals surface area contributed by atoms with Crippen LogP contribution in [0.25, 0.3) is 11.1 Å². The Morgan fingerprint density at radius 3 is 2.58 bits per heavy atom. The number of hydrogen-bond acceptors (Lipinski definition) is 5. The highest BCUT2D eigenvalue weighted by Crippen LogP contribution is 2.38. The molecule has 3 rings (SSSR count). The molecular weight excluding hydrogens is 330 g/mol. The molecule has 6 heteroatoms. The van der Waals surface area contributed by atoms with E-state index in [9.17, 15) is 4.79 Å². The van der Waals surface area contributed by atoms with Crippen molar-refractivity contribution in [2.24, 2.45) is 10.7 Å². The van der Waals surface area contributed by atoms with Gasteiger partial charge in [0.2, 0.25) is 5.91 Å². The maximum Gasteiger partial charge on any atom is 0.231 e. The molecule has 0 fully saturated rings. The number of ether oxygens (including phenoxy) is 2. The molecule has 2 aromatic carbocycles. The normalized spacial score (nSPS) is 19.9. The van der Waals surface area contributed by atoms with E-state index in [0.29, 0.717) is 5.75 Å². The number of rotatable bonds is 4. The number of carbonyl (C=O) groups excluding carboxylic acids is 1. The molecule has 0 aliphatic carbocycles. The predicted octanol–water partition coefficient (Wildman–Crippen LogP) is 2.76. The van der Waals surface area contributed by atoms with Crippen LogP contribution >= 0.6 is 0 Å². The molecule has 0 bridgehead atoms. The number of hydrogen-bond donors (Lipinski definition) is 1. The van der Waals surface area contributed by atoms with Gasteiger partial charge in [-0.15, -0.1) is 0 Å². The first-order valence-corrected chi connectivity index (χ1v) is 8.33. The molecule has 0 saturated carbocycles. The highest BCUT2D eigenvalue weighted by molar-refractivity contribution is 5.98. The van der Waals surface area contributed by atoms with Crippen LogP contribution in [0.1, 0.15) is 18.9 Å². The van der Waals surface area contributed by atoms with E-state index in [2.05, 4.69) is 4.99 Å². The molecule has 26 heavy (non-hydrogen) atoms. The molecule has 2 N–H and O–H groups in total. The average molecular weight is 353 g/mol. The first-order chi connectivity index (χ1) is 12.4. The van der Waals surface area contributed by atoms with Gasteiger partial charge in [0.15, 0.2) is 5.96 Å². The average Bonchev–Trinajstić information content (AvgIpc) is 2.65. The van der Waals surface area contributed by atoms with Gasteiger partial charge in [0.25, 0.3) is 0 Å². The Balaban J connectivity index is 2.06. The van der Waals surface area contributed by atoms with Crippen LogP contribution in [-0.2, 0) is 10.3 Å². The van der Waals surface area contributed by atoms with Gasteiger partial charge in [-0.3, -0.25) is 9.69 Å². The van der Waals surface area contributed by atoms with Gasteiger partial charge in [-0.2, -0.15) is 0 Å². The van der Waals surface area contributed by atoms with Gasteiger partial charge < -0.3 is 15.2 Å². The number of benzene rings is 2. The number of aliphatic imine (C=N–C) groups is 1. The van der Waals surface area contributed by atoms with Gasteiger partial charge in [0.05, 0.1) is 26.2 Å². The number of guanidine groups is 1. The lowest BCUT2D eigenvalue weighted by Gasteiger charge is -2.33. The van der Waals surface area contributed by atoms with E-state index in [1.165, 1.54) is 4.90 Å². The summed E-state index contributed by atoms with van der Waals surface area (Å²) in [7, 11) is 4.89. The molecule has 136 valence electrons. The molecule has 1 aliphatic heterocycles. The monoisotopic (exact) mass is 353 g/mol. The van der Waals surface area contributed by atoms with E-state index < -0.39 is 5.54 Å². The lowest BCUT2D eigenvalue weighted by Crippen LogP contribution is -2.47. The second-order valence-electron chi connectivity index (χ2n) is 6.52. The molecule has 1 amide bonds. The Kier molecular flexibility index (Phi) is 4.59. The quantitative estimate of drug-likeness (QED) is 0.917. The van der Waals surface area contributed by atoms with Gasteiger partial charge in [-0.05, 0) is 36.2 Å². The van der Waals surface area contributed by atoms with E-state index in [0.717, 1.165) is 22.4 Å². The first-order valence-electron chi connectivity index (χ1n) is 8.33. The fourth-order valence-electron chi connectivity index (χ4n) is 3.13. The second kappa shape index (κ2) is 6.71. The summed E-state index contributed by atoms with van der Waals surface area (Å²) in [5.41, 5.74) is 8.08. The Morgan fingerprint density at radius 1 is 1.15 bits per heavy atom. The number of nitrogens with zero attached hydrogens (tertiary/aromatic N) is 2. The van der Waals surface area contributed by atoms with Gasteiger partial charge in [0.1, 0.15) is 11.5 Å². The minimum absolute atomic E-state index is 0.0487. The van der Waals surface area contributed by atoms with Crippen LogP contribution in [0.2, 0.25) is 0 Å². The first kappa shape index (κ1) is 17.8. The molecule has 1 unspecified atom stereocenters. The van der Waals surface area contributed by atoms with Gasteiger partial charge in [-0.25, -0.2) is 4.99 Å². The molecule has 0 saturated heterocycles. The number of amides is 1. The van der Waals surface area contributed by atoms with Crippen molar-refractivity contribution >= 4 is 11.9 Å². The van der Waals surface area contributed by atoms with Crippen molar-refractivity contribution in [3.05, 3.63) is 48.0 Å². The zero-order valence-electron chi connectivity index (χ0n) is 15.4. The van der Waals surface area contributed by atoms with Crippen LogP contribution in [0, 0.1) is 0 Å². The fraction of sp³-hybridized carbons (Fsp3) is 0.300. The predicted molar refractivity (Wildman–Crippen MR) is 101 cm³/mol. The van der Waals surface area contributed by atoms with E-state index in [-0.39, 0.29) is 18.3 Å². The van der Waals surface area contributed by atoms with Crippen LogP contribution in [0.15, 0.2) is 47.5 Å². The zero-order valence-corrected chi connectivity index (χ0v) is 15.4. The van der Waals surface area contributed by atoms with E-state index in [4.69, 9.17) is 15.2 Å². The summed E-state index contributed by atoms with van der Waals surface area (Å²) in [6.07, 6.45) is 0.271. The van der Waals surface area contributed by atoms with Gasteiger partial charge in [-0.1, -0.05) is 18.2 Å². The number of methoxy groups -OCH3 is 2. The summed E-state index contributed by atoms with van der Waals surface area (Å²) in [4.78, 5) is 18.2. The molecule has 1 heterocycles. The molecule has 0 spiro atoms. The SMILES string of the molecule is COc1ccc(-c2cccc(C3(C)CC(=O)N(C)C(N)=N3)c2)c(OC)c1. The standard InChI is InChI=1S/C20H23N3O3/c1-20(12-18(24)23(2)19(21)22-20)14-7-5-6-13(10-14)16-9-8-15(25-3)11-17(16)26-4/h5-11H,12H2,1-4H3,(H2,21,22). The summed E-state index contributed by atoms with van der Waals surface area (Å²) < 4.78 is 10.8. The van der Waals surface area contributed by atoms with Crippen molar-refractivity contribution in [2.45, 2.75) is 18.9 Å².